The molecule has 2 N–H and O–H groups in total. The molecule has 0 bridgehead atoms. The number of rotatable bonds is 7. The largest absolute Gasteiger partial charge is 0.356 e. The van der Waals surface area contributed by atoms with Crippen LogP contribution in [0.1, 0.15) is 45.3 Å². The van der Waals surface area contributed by atoms with Crippen LogP contribution in [0.4, 0.5) is 0 Å². The highest BCUT2D eigenvalue weighted by Gasteiger charge is 2.07. The first kappa shape index (κ1) is 16.5. The third kappa shape index (κ3) is 6.54. The smallest absolute Gasteiger partial charge is 0.228 e. The van der Waals surface area contributed by atoms with Gasteiger partial charge in [0.2, 0.25) is 5.89 Å². The molecule has 0 saturated heterocycles. The molecule has 0 saturated carbocycles. The Kier molecular flexibility index (Phi) is 7.04. The lowest BCUT2D eigenvalue weighted by atomic mass is 10.0. The minimum absolute atomic E-state index is 0.411. The molecule has 1 rings (SSSR count). The normalized spacial score (nSPS) is 13.6. The predicted octanol–water partition coefficient (Wildman–Crippen LogP) is 1.91. The summed E-state index contributed by atoms with van der Waals surface area (Å²) in [5.74, 6) is 2.87. The molecule has 114 valence electrons. The summed E-state index contributed by atoms with van der Waals surface area (Å²) < 4.78 is 5.06. The predicted molar refractivity (Wildman–Crippen MR) is 80.8 cm³/mol. The van der Waals surface area contributed by atoms with Crippen LogP contribution in [0.25, 0.3) is 0 Å². The number of aryl methyl sites for hydroxylation is 1. The zero-order chi connectivity index (χ0) is 15.0. The summed E-state index contributed by atoms with van der Waals surface area (Å²) in [5, 5.41) is 10.4. The maximum absolute atomic E-state index is 5.06. The lowest BCUT2D eigenvalue weighted by Gasteiger charge is -2.18. The van der Waals surface area contributed by atoms with Gasteiger partial charge in [-0.15, -0.1) is 0 Å². The van der Waals surface area contributed by atoms with E-state index in [1.54, 1.807) is 7.05 Å². The van der Waals surface area contributed by atoms with Gasteiger partial charge >= 0.3 is 0 Å². The molecule has 1 unspecified atom stereocenters. The average Bonchev–Trinajstić information content (AvgIpc) is 2.81. The van der Waals surface area contributed by atoms with Crippen molar-refractivity contribution in [2.75, 3.05) is 13.6 Å². The molecule has 0 spiro atoms. The van der Waals surface area contributed by atoms with Crippen LogP contribution < -0.4 is 10.6 Å². The summed E-state index contributed by atoms with van der Waals surface area (Å²) >= 11 is 0. The number of hydrogen-bond donors (Lipinski definition) is 2. The Bertz CT molecular complexity index is 413. The first-order valence-corrected chi connectivity index (χ1v) is 7.27. The van der Waals surface area contributed by atoms with Crippen LogP contribution in [0.2, 0.25) is 0 Å². The molecule has 0 aliphatic carbocycles. The summed E-state index contributed by atoms with van der Waals surface area (Å²) in [4.78, 5) is 8.38. The molecule has 1 aromatic rings. The molecule has 6 heteroatoms. The van der Waals surface area contributed by atoms with E-state index in [1.165, 1.54) is 6.42 Å². The molecule has 1 atom stereocenters. The molecule has 0 fully saturated rings. The Hall–Kier alpha value is -1.59. The van der Waals surface area contributed by atoms with Crippen LogP contribution in [-0.2, 0) is 6.42 Å². The zero-order valence-electron chi connectivity index (χ0n) is 13.2. The van der Waals surface area contributed by atoms with Crippen molar-refractivity contribution in [2.45, 2.75) is 53.0 Å². The van der Waals surface area contributed by atoms with Crippen molar-refractivity contribution in [2.24, 2.45) is 10.9 Å². The number of aromatic nitrogens is 2. The van der Waals surface area contributed by atoms with Crippen molar-refractivity contribution < 1.29 is 4.52 Å². The van der Waals surface area contributed by atoms with E-state index in [0.29, 0.717) is 24.2 Å². The van der Waals surface area contributed by atoms with Crippen molar-refractivity contribution in [1.29, 1.82) is 0 Å². The van der Waals surface area contributed by atoms with Gasteiger partial charge in [0.1, 0.15) is 0 Å². The number of nitrogens with one attached hydrogen (secondary N) is 2. The van der Waals surface area contributed by atoms with E-state index in [-0.39, 0.29) is 0 Å². The van der Waals surface area contributed by atoms with Crippen LogP contribution in [0, 0.1) is 12.8 Å². The van der Waals surface area contributed by atoms with Gasteiger partial charge in [0, 0.05) is 26.1 Å². The molecule has 0 aliphatic heterocycles. The number of hydrogen-bond acceptors (Lipinski definition) is 4. The fraction of sp³-hybridized carbons (Fsp3) is 0.786. The van der Waals surface area contributed by atoms with Gasteiger partial charge in [0.25, 0.3) is 0 Å². The summed E-state index contributed by atoms with van der Waals surface area (Å²) in [6.45, 7) is 9.20. The summed E-state index contributed by atoms with van der Waals surface area (Å²) in [6.07, 6.45) is 3.05. The second kappa shape index (κ2) is 8.55. The topological polar surface area (TPSA) is 75.3 Å². The van der Waals surface area contributed by atoms with Crippen LogP contribution >= 0.6 is 0 Å². The van der Waals surface area contributed by atoms with Gasteiger partial charge in [0.15, 0.2) is 11.8 Å². The first-order valence-electron chi connectivity index (χ1n) is 7.27. The molecule has 0 aromatic carbocycles. The SMILES string of the molecule is CN=C(NCCc1nc(C)no1)NC(C)CCC(C)C. The fourth-order valence-electron chi connectivity index (χ4n) is 1.81. The third-order valence-electron chi connectivity index (χ3n) is 2.98. The zero-order valence-corrected chi connectivity index (χ0v) is 13.2. The molecule has 20 heavy (non-hydrogen) atoms. The minimum atomic E-state index is 0.411. The lowest BCUT2D eigenvalue weighted by molar-refractivity contribution is 0.374. The molecule has 0 radical (unpaired) electrons. The van der Waals surface area contributed by atoms with Crippen LogP contribution in [-0.4, -0.2) is 35.7 Å². The molecule has 1 heterocycles. The van der Waals surface area contributed by atoms with Crippen LogP contribution in [0.5, 0.6) is 0 Å². The van der Waals surface area contributed by atoms with E-state index >= 15 is 0 Å². The molecule has 6 nitrogen and oxygen atoms in total. The van der Waals surface area contributed by atoms with Gasteiger partial charge in [-0.1, -0.05) is 19.0 Å². The van der Waals surface area contributed by atoms with Gasteiger partial charge in [-0.25, -0.2) is 0 Å². The van der Waals surface area contributed by atoms with E-state index in [1.807, 2.05) is 6.92 Å². The second-order valence-corrected chi connectivity index (χ2v) is 5.50. The monoisotopic (exact) mass is 281 g/mol. The Morgan fingerprint density at radius 3 is 2.60 bits per heavy atom. The molecular formula is C14H27N5O. The lowest BCUT2D eigenvalue weighted by Crippen LogP contribution is -2.43. The summed E-state index contributed by atoms with van der Waals surface area (Å²) in [7, 11) is 1.78. The van der Waals surface area contributed by atoms with Crippen LogP contribution in [0.15, 0.2) is 9.52 Å². The van der Waals surface area contributed by atoms with E-state index in [9.17, 15) is 0 Å². The molecule has 0 amide bonds. The van der Waals surface area contributed by atoms with Gasteiger partial charge in [-0.2, -0.15) is 4.98 Å². The van der Waals surface area contributed by atoms with E-state index < -0.39 is 0 Å². The second-order valence-electron chi connectivity index (χ2n) is 5.50. The quantitative estimate of drug-likeness (QED) is 0.590. The minimum Gasteiger partial charge on any atom is -0.356 e. The fourth-order valence-corrected chi connectivity index (χ4v) is 1.81. The highest BCUT2D eigenvalue weighted by atomic mass is 16.5. The number of guanidine groups is 1. The van der Waals surface area contributed by atoms with Crippen molar-refractivity contribution in [3.05, 3.63) is 11.7 Å². The summed E-state index contributed by atoms with van der Waals surface area (Å²) in [5.41, 5.74) is 0. The maximum Gasteiger partial charge on any atom is 0.228 e. The number of nitrogens with zero attached hydrogens (tertiary/aromatic N) is 3. The standard InChI is InChI=1S/C14H27N5O/c1-10(2)6-7-11(3)17-14(15-5)16-9-8-13-18-12(4)19-20-13/h10-11H,6-9H2,1-5H3,(H2,15,16,17). The van der Waals surface area contributed by atoms with Gasteiger partial charge in [0.05, 0.1) is 0 Å². The van der Waals surface area contributed by atoms with Crippen LogP contribution in [0.3, 0.4) is 0 Å². The Labute approximate surface area is 121 Å². The molecule has 0 aliphatic rings. The van der Waals surface area contributed by atoms with Crippen molar-refractivity contribution in [3.8, 4) is 0 Å². The van der Waals surface area contributed by atoms with Gasteiger partial charge in [-0.05, 0) is 32.6 Å². The van der Waals surface area contributed by atoms with Crippen molar-refractivity contribution in [3.63, 3.8) is 0 Å². The highest BCUT2D eigenvalue weighted by Crippen LogP contribution is 2.06. The Morgan fingerprint density at radius 1 is 1.30 bits per heavy atom. The van der Waals surface area contributed by atoms with Crippen molar-refractivity contribution >= 4 is 5.96 Å². The summed E-state index contributed by atoms with van der Waals surface area (Å²) in [6, 6.07) is 0.411. The van der Waals surface area contributed by atoms with Crippen molar-refractivity contribution in [1.82, 2.24) is 20.8 Å². The Balaban J connectivity index is 2.25. The highest BCUT2D eigenvalue weighted by molar-refractivity contribution is 5.79. The molecular weight excluding hydrogens is 254 g/mol. The number of aliphatic imine (C=N–C) groups is 1. The molecule has 1 aromatic heterocycles. The maximum atomic E-state index is 5.06. The third-order valence-corrected chi connectivity index (χ3v) is 2.98. The van der Waals surface area contributed by atoms with E-state index in [2.05, 4.69) is 46.5 Å². The van der Waals surface area contributed by atoms with E-state index in [4.69, 9.17) is 4.52 Å². The van der Waals surface area contributed by atoms with Gasteiger partial charge < -0.3 is 15.2 Å². The van der Waals surface area contributed by atoms with Gasteiger partial charge in [-0.3, -0.25) is 4.99 Å². The average molecular weight is 281 g/mol. The van der Waals surface area contributed by atoms with E-state index in [0.717, 1.165) is 24.8 Å². The first-order chi connectivity index (χ1) is 9.51. The Morgan fingerprint density at radius 2 is 2.05 bits per heavy atom.